The number of rotatable bonds is 8. The van der Waals surface area contributed by atoms with E-state index in [-0.39, 0.29) is 29.7 Å². The molecule has 5 nitrogen and oxygen atoms in total. The van der Waals surface area contributed by atoms with E-state index in [1.165, 1.54) is 12.5 Å². The quantitative estimate of drug-likeness (QED) is 0.308. The molecule has 0 spiro atoms. The summed E-state index contributed by atoms with van der Waals surface area (Å²) in [5.41, 5.74) is 0.895. The summed E-state index contributed by atoms with van der Waals surface area (Å²) in [5, 5.41) is 7.42. The summed E-state index contributed by atoms with van der Waals surface area (Å²) in [5.74, 6) is 1.10. The summed E-state index contributed by atoms with van der Waals surface area (Å²) in [7, 11) is 1.74. The molecule has 154 valence electrons. The van der Waals surface area contributed by atoms with Gasteiger partial charge in [0.15, 0.2) is 17.5 Å². The van der Waals surface area contributed by atoms with Gasteiger partial charge in [-0.15, -0.1) is 24.0 Å². The molecule has 2 unspecified atom stereocenters. The molecule has 0 heterocycles. The van der Waals surface area contributed by atoms with Crippen molar-refractivity contribution in [3.05, 3.63) is 23.8 Å². The zero-order valence-corrected chi connectivity index (χ0v) is 19.0. The number of nitrogens with zero attached hydrogens (tertiary/aromatic N) is 1. The van der Waals surface area contributed by atoms with E-state index in [2.05, 4.69) is 26.6 Å². The SMILES string of the molecule is CCOc1cc(CNC(=NC)NC2CCC(SC)C2)ccc1OC(F)F.I. The number of halogens is 3. The molecule has 2 N–H and O–H groups in total. The molecular formula is C18H28F2IN3O2S. The third-order valence-electron chi connectivity index (χ3n) is 4.27. The van der Waals surface area contributed by atoms with Crippen molar-refractivity contribution in [3.63, 3.8) is 0 Å². The minimum atomic E-state index is -2.88. The molecule has 9 heteroatoms. The maximum atomic E-state index is 12.5. The van der Waals surface area contributed by atoms with Gasteiger partial charge in [0, 0.05) is 24.9 Å². The summed E-state index contributed by atoms with van der Waals surface area (Å²) in [6, 6.07) is 5.38. The second-order valence-electron chi connectivity index (χ2n) is 6.03. The molecule has 0 saturated heterocycles. The van der Waals surface area contributed by atoms with Gasteiger partial charge in [0.05, 0.1) is 6.61 Å². The highest BCUT2D eigenvalue weighted by atomic mass is 127. The maximum absolute atomic E-state index is 12.5. The minimum Gasteiger partial charge on any atom is -0.490 e. The molecule has 1 fully saturated rings. The summed E-state index contributed by atoms with van der Waals surface area (Å²) in [6.07, 6.45) is 5.65. The van der Waals surface area contributed by atoms with Crippen molar-refractivity contribution >= 4 is 41.7 Å². The van der Waals surface area contributed by atoms with Crippen molar-refractivity contribution in [1.82, 2.24) is 10.6 Å². The first-order valence-electron chi connectivity index (χ1n) is 8.76. The van der Waals surface area contributed by atoms with Crippen LogP contribution >= 0.6 is 35.7 Å². The van der Waals surface area contributed by atoms with Crippen LogP contribution in [0, 0.1) is 0 Å². The Morgan fingerprint density at radius 1 is 1.33 bits per heavy atom. The second-order valence-corrected chi connectivity index (χ2v) is 7.17. The van der Waals surface area contributed by atoms with Crippen molar-refractivity contribution in [2.75, 3.05) is 19.9 Å². The molecule has 1 saturated carbocycles. The van der Waals surface area contributed by atoms with Crippen molar-refractivity contribution in [1.29, 1.82) is 0 Å². The smallest absolute Gasteiger partial charge is 0.387 e. The first-order valence-corrected chi connectivity index (χ1v) is 10.0. The number of benzene rings is 1. The van der Waals surface area contributed by atoms with Gasteiger partial charge in [0.1, 0.15) is 0 Å². The summed E-state index contributed by atoms with van der Waals surface area (Å²) >= 11 is 1.91. The average Bonchev–Trinajstić information content (AvgIpc) is 3.08. The van der Waals surface area contributed by atoms with Crippen molar-refractivity contribution in [3.8, 4) is 11.5 Å². The molecule has 0 aliphatic heterocycles. The van der Waals surface area contributed by atoms with E-state index in [1.54, 1.807) is 26.1 Å². The van der Waals surface area contributed by atoms with Crippen molar-refractivity contribution < 1.29 is 18.3 Å². The lowest BCUT2D eigenvalue weighted by atomic mass is 10.2. The van der Waals surface area contributed by atoms with Gasteiger partial charge in [-0.1, -0.05) is 6.07 Å². The molecule has 2 rings (SSSR count). The molecule has 0 bridgehead atoms. The topological polar surface area (TPSA) is 54.9 Å². The van der Waals surface area contributed by atoms with E-state index in [0.29, 0.717) is 30.2 Å². The number of nitrogens with one attached hydrogen (secondary N) is 2. The Labute approximate surface area is 181 Å². The maximum Gasteiger partial charge on any atom is 0.387 e. The van der Waals surface area contributed by atoms with Gasteiger partial charge in [-0.3, -0.25) is 4.99 Å². The van der Waals surface area contributed by atoms with Gasteiger partial charge in [0.25, 0.3) is 0 Å². The number of ether oxygens (including phenoxy) is 2. The lowest BCUT2D eigenvalue weighted by molar-refractivity contribution is -0.0514. The molecule has 1 aromatic carbocycles. The standard InChI is InChI=1S/C18H27F2N3O2S.HI/c1-4-24-16-9-12(5-8-15(16)25-17(19)20)11-22-18(21-2)23-13-6-7-14(10-13)26-3;/h5,8-9,13-14,17H,4,6-7,10-11H2,1-3H3,(H2,21,22,23);1H. The van der Waals surface area contributed by atoms with Gasteiger partial charge < -0.3 is 20.1 Å². The number of hydrogen-bond acceptors (Lipinski definition) is 4. The van der Waals surface area contributed by atoms with Crippen LogP contribution in [-0.2, 0) is 6.54 Å². The first kappa shape index (κ1) is 24.1. The molecule has 0 aromatic heterocycles. The molecule has 0 amide bonds. The average molecular weight is 515 g/mol. The molecule has 1 aliphatic carbocycles. The summed E-state index contributed by atoms with van der Waals surface area (Å²) in [4.78, 5) is 4.27. The van der Waals surface area contributed by atoms with Crippen LogP contribution in [0.1, 0.15) is 31.7 Å². The Kier molecular flexibility index (Phi) is 11.1. The van der Waals surface area contributed by atoms with Gasteiger partial charge in [0.2, 0.25) is 0 Å². The van der Waals surface area contributed by atoms with Crippen LogP contribution in [0.4, 0.5) is 8.78 Å². The molecule has 1 aromatic rings. The van der Waals surface area contributed by atoms with E-state index >= 15 is 0 Å². The highest BCUT2D eigenvalue weighted by Crippen LogP contribution is 2.30. The molecule has 0 radical (unpaired) electrons. The largest absolute Gasteiger partial charge is 0.490 e. The molecule has 1 aliphatic rings. The Morgan fingerprint density at radius 2 is 2.11 bits per heavy atom. The first-order chi connectivity index (χ1) is 12.5. The van der Waals surface area contributed by atoms with Crippen LogP contribution in [0.2, 0.25) is 0 Å². The number of guanidine groups is 1. The van der Waals surface area contributed by atoms with Crippen LogP contribution in [0.25, 0.3) is 0 Å². The second kappa shape index (κ2) is 12.5. The fourth-order valence-corrected chi connectivity index (χ4v) is 3.78. The fourth-order valence-electron chi connectivity index (χ4n) is 2.98. The Bertz CT molecular complexity index is 608. The van der Waals surface area contributed by atoms with Gasteiger partial charge >= 0.3 is 6.61 Å². The number of alkyl halides is 2. The van der Waals surface area contributed by atoms with E-state index in [1.807, 2.05) is 11.8 Å². The molecule has 27 heavy (non-hydrogen) atoms. The number of aliphatic imine (C=N–C) groups is 1. The Balaban J connectivity index is 0.00000364. The summed E-state index contributed by atoms with van der Waals surface area (Å²) in [6.45, 7) is -0.199. The highest BCUT2D eigenvalue weighted by molar-refractivity contribution is 14.0. The zero-order valence-electron chi connectivity index (χ0n) is 15.8. The van der Waals surface area contributed by atoms with Gasteiger partial charge in [-0.25, -0.2) is 0 Å². The zero-order chi connectivity index (χ0) is 18.9. The Morgan fingerprint density at radius 3 is 2.70 bits per heavy atom. The lowest BCUT2D eigenvalue weighted by Gasteiger charge is -2.18. The van der Waals surface area contributed by atoms with Gasteiger partial charge in [-0.05, 0) is 50.1 Å². The van der Waals surface area contributed by atoms with Crippen LogP contribution in [0.15, 0.2) is 23.2 Å². The lowest BCUT2D eigenvalue weighted by Crippen LogP contribution is -2.42. The Hall–Kier alpha value is -0.970. The molecular weight excluding hydrogens is 487 g/mol. The van der Waals surface area contributed by atoms with Crippen LogP contribution in [0.3, 0.4) is 0 Å². The van der Waals surface area contributed by atoms with Crippen LogP contribution in [-0.4, -0.2) is 43.8 Å². The van der Waals surface area contributed by atoms with Crippen molar-refractivity contribution in [2.45, 2.75) is 50.6 Å². The predicted octanol–water partition coefficient (Wildman–Crippen LogP) is 4.25. The van der Waals surface area contributed by atoms with Crippen LogP contribution in [0.5, 0.6) is 11.5 Å². The van der Waals surface area contributed by atoms with E-state index in [4.69, 9.17) is 4.74 Å². The van der Waals surface area contributed by atoms with E-state index in [9.17, 15) is 8.78 Å². The highest BCUT2D eigenvalue weighted by Gasteiger charge is 2.24. The fraction of sp³-hybridized carbons (Fsp3) is 0.611. The predicted molar refractivity (Wildman–Crippen MR) is 118 cm³/mol. The van der Waals surface area contributed by atoms with Crippen LogP contribution < -0.4 is 20.1 Å². The van der Waals surface area contributed by atoms with E-state index < -0.39 is 6.61 Å². The van der Waals surface area contributed by atoms with Crippen molar-refractivity contribution in [2.24, 2.45) is 4.99 Å². The normalized spacial score (nSPS) is 19.6. The van der Waals surface area contributed by atoms with Gasteiger partial charge in [-0.2, -0.15) is 20.5 Å². The van der Waals surface area contributed by atoms with E-state index in [0.717, 1.165) is 24.4 Å². The minimum absolute atomic E-state index is 0. The number of thioether (sulfide) groups is 1. The summed E-state index contributed by atoms with van der Waals surface area (Å²) < 4.78 is 34.8. The molecule has 2 atom stereocenters. The number of hydrogen-bond donors (Lipinski definition) is 2. The third kappa shape index (κ3) is 7.89. The third-order valence-corrected chi connectivity index (χ3v) is 5.36. The monoisotopic (exact) mass is 515 g/mol.